The first-order chi connectivity index (χ1) is 8.06. The van der Waals surface area contributed by atoms with Gasteiger partial charge in [0.1, 0.15) is 10.8 Å². The summed E-state index contributed by atoms with van der Waals surface area (Å²) in [6.07, 6.45) is 0.560. The molecule has 0 spiro atoms. The number of aliphatic hydroxyl groups excluding tert-OH is 1. The number of rotatable bonds is 5. The van der Waals surface area contributed by atoms with Gasteiger partial charge in [-0.05, 0) is 32.4 Å². The highest BCUT2D eigenvalue weighted by Gasteiger charge is 2.19. The zero-order chi connectivity index (χ0) is 12.8. The Morgan fingerprint density at radius 2 is 2.24 bits per heavy atom. The highest BCUT2D eigenvalue weighted by atomic mass is 35.5. The van der Waals surface area contributed by atoms with Crippen LogP contribution in [0.3, 0.4) is 0 Å². The van der Waals surface area contributed by atoms with E-state index in [1.54, 1.807) is 23.1 Å². The molecule has 0 radical (unpaired) electrons. The molecule has 17 heavy (non-hydrogen) atoms. The zero-order valence-electron chi connectivity index (χ0n) is 10.1. The Kier molecular flexibility index (Phi) is 5.38. The van der Waals surface area contributed by atoms with Crippen LogP contribution < -0.4 is 0 Å². The number of amides is 1. The summed E-state index contributed by atoms with van der Waals surface area (Å²) in [5.74, 6) is -0.157. The van der Waals surface area contributed by atoms with Crippen molar-refractivity contribution in [2.45, 2.75) is 26.3 Å². The van der Waals surface area contributed by atoms with Gasteiger partial charge in [-0.1, -0.05) is 17.7 Å². The third kappa shape index (κ3) is 3.98. The van der Waals surface area contributed by atoms with Crippen LogP contribution in [0.5, 0.6) is 0 Å². The molecule has 4 nitrogen and oxygen atoms in total. The highest BCUT2D eigenvalue weighted by Crippen LogP contribution is 2.10. The maximum atomic E-state index is 12.2. The standard InChI is InChI=1S/C12H17ClN2O2/c1-9(2)15(7-4-8-16)12(17)10-5-3-6-11(13)14-10/h3,5-6,9,16H,4,7-8H2,1-2H3. The van der Waals surface area contributed by atoms with Crippen molar-refractivity contribution in [3.05, 3.63) is 29.0 Å². The molecule has 0 unspecified atom stereocenters. The lowest BCUT2D eigenvalue weighted by molar-refractivity contribution is 0.0687. The van der Waals surface area contributed by atoms with Crippen molar-refractivity contribution in [1.29, 1.82) is 0 Å². The summed E-state index contributed by atoms with van der Waals surface area (Å²) < 4.78 is 0. The molecule has 0 saturated carbocycles. The van der Waals surface area contributed by atoms with Crippen molar-refractivity contribution < 1.29 is 9.90 Å². The number of hydrogen-bond acceptors (Lipinski definition) is 3. The summed E-state index contributed by atoms with van der Waals surface area (Å²) in [5.41, 5.74) is 0.337. The van der Waals surface area contributed by atoms with Crippen molar-refractivity contribution in [3.63, 3.8) is 0 Å². The highest BCUT2D eigenvalue weighted by molar-refractivity contribution is 6.29. The number of carbonyl (C=O) groups is 1. The van der Waals surface area contributed by atoms with Crippen LogP contribution in [-0.4, -0.2) is 40.1 Å². The second-order valence-electron chi connectivity index (χ2n) is 4.02. The third-order valence-electron chi connectivity index (χ3n) is 2.38. The largest absolute Gasteiger partial charge is 0.396 e. The molecule has 1 rings (SSSR count). The van der Waals surface area contributed by atoms with Crippen molar-refractivity contribution in [2.75, 3.05) is 13.2 Å². The van der Waals surface area contributed by atoms with E-state index in [1.165, 1.54) is 0 Å². The number of hydrogen-bond donors (Lipinski definition) is 1. The molecule has 1 aromatic rings. The molecule has 1 heterocycles. The summed E-state index contributed by atoms with van der Waals surface area (Å²) in [7, 11) is 0. The number of nitrogens with zero attached hydrogens (tertiary/aromatic N) is 2. The average molecular weight is 257 g/mol. The van der Waals surface area contributed by atoms with E-state index in [1.807, 2.05) is 13.8 Å². The van der Waals surface area contributed by atoms with Crippen LogP contribution in [0.15, 0.2) is 18.2 Å². The monoisotopic (exact) mass is 256 g/mol. The lowest BCUT2D eigenvalue weighted by Gasteiger charge is -2.26. The number of aromatic nitrogens is 1. The fourth-order valence-corrected chi connectivity index (χ4v) is 1.67. The number of pyridine rings is 1. The Morgan fingerprint density at radius 3 is 2.76 bits per heavy atom. The smallest absolute Gasteiger partial charge is 0.272 e. The topological polar surface area (TPSA) is 53.4 Å². The second-order valence-corrected chi connectivity index (χ2v) is 4.40. The van der Waals surface area contributed by atoms with Gasteiger partial charge in [0.15, 0.2) is 0 Å². The van der Waals surface area contributed by atoms with E-state index in [0.29, 0.717) is 23.8 Å². The second kappa shape index (κ2) is 6.57. The average Bonchev–Trinajstić information content (AvgIpc) is 2.29. The van der Waals surface area contributed by atoms with Crippen molar-refractivity contribution in [2.24, 2.45) is 0 Å². The van der Waals surface area contributed by atoms with Gasteiger partial charge in [-0.15, -0.1) is 0 Å². The van der Waals surface area contributed by atoms with E-state index < -0.39 is 0 Å². The van der Waals surface area contributed by atoms with E-state index in [0.717, 1.165) is 0 Å². The zero-order valence-corrected chi connectivity index (χ0v) is 10.8. The van der Waals surface area contributed by atoms with Gasteiger partial charge < -0.3 is 10.0 Å². The molecule has 5 heteroatoms. The number of aliphatic hydroxyl groups is 1. The molecule has 1 aromatic heterocycles. The van der Waals surface area contributed by atoms with Crippen molar-refractivity contribution in [1.82, 2.24) is 9.88 Å². The van der Waals surface area contributed by atoms with Gasteiger partial charge in [-0.25, -0.2) is 4.98 Å². The molecule has 0 bridgehead atoms. The van der Waals surface area contributed by atoms with Gasteiger partial charge in [0.25, 0.3) is 5.91 Å². The van der Waals surface area contributed by atoms with Gasteiger partial charge in [0.05, 0.1) is 0 Å². The van der Waals surface area contributed by atoms with Crippen LogP contribution in [0.1, 0.15) is 30.8 Å². The first kappa shape index (κ1) is 13.9. The Hall–Kier alpha value is -1.13. The van der Waals surface area contributed by atoms with Gasteiger partial charge in [-0.3, -0.25) is 4.79 Å². The number of halogens is 1. The summed E-state index contributed by atoms with van der Waals surface area (Å²) in [6.45, 7) is 4.44. The molecule has 0 aliphatic heterocycles. The van der Waals surface area contributed by atoms with Gasteiger partial charge in [0.2, 0.25) is 0 Å². The molecule has 0 aliphatic carbocycles. The van der Waals surface area contributed by atoms with E-state index >= 15 is 0 Å². The fourth-order valence-electron chi connectivity index (χ4n) is 1.51. The maximum Gasteiger partial charge on any atom is 0.272 e. The minimum Gasteiger partial charge on any atom is -0.396 e. The summed E-state index contributed by atoms with van der Waals surface area (Å²) in [6, 6.07) is 5.04. The summed E-state index contributed by atoms with van der Waals surface area (Å²) in [5, 5.41) is 9.13. The molecule has 0 fully saturated rings. The van der Waals surface area contributed by atoms with E-state index in [4.69, 9.17) is 16.7 Å². The Balaban J connectivity index is 2.84. The molecule has 94 valence electrons. The normalized spacial score (nSPS) is 10.6. The van der Waals surface area contributed by atoms with Crippen molar-refractivity contribution >= 4 is 17.5 Å². The molecular formula is C12H17ClN2O2. The minimum atomic E-state index is -0.157. The molecule has 0 aliphatic rings. The third-order valence-corrected chi connectivity index (χ3v) is 2.59. The SMILES string of the molecule is CC(C)N(CCCO)C(=O)c1cccc(Cl)n1. The van der Waals surface area contributed by atoms with E-state index in [-0.39, 0.29) is 18.6 Å². The summed E-state index contributed by atoms with van der Waals surface area (Å²) >= 11 is 5.76. The minimum absolute atomic E-state index is 0.0647. The lowest BCUT2D eigenvalue weighted by Crippen LogP contribution is -2.38. The first-order valence-corrected chi connectivity index (χ1v) is 5.98. The van der Waals surface area contributed by atoms with Gasteiger partial charge in [0, 0.05) is 19.2 Å². The van der Waals surface area contributed by atoms with Crippen LogP contribution in [-0.2, 0) is 0 Å². The fraction of sp³-hybridized carbons (Fsp3) is 0.500. The molecule has 1 amide bonds. The van der Waals surface area contributed by atoms with Gasteiger partial charge >= 0.3 is 0 Å². The van der Waals surface area contributed by atoms with Crippen LogP contribution >= 0.6 is 11.6 Å². The van der Waals surface area contributed by atoms with Crippen LogP contribution in [0, 0.1) is 0 Å². The van der Waals surface area contributed by atoms with Crippen LogP contribution in [0.2, 0.25) is 5.15 Å². The Labute approximate surface area is 106 Å². The van der Waals surface area contributed by atoms with Crippen LogP contribution in [0.25, 0.3) is 0 Å². The Bertz CT molecular complexity index is 383. The first-order valence-electron chi connectivity index (χ1n) is 5.60. The molecule has 0 atom stereocenters. The van der Waals surface area contributed by atoms with Crippen molar-refractivity contribution in [3.8, 4) is 0 Å². The predicted molar refractivity (Wildman–Crippen MR) is 67.1 cm³/mol. The quantitative estimate of drug-likeness (QED) is 0.820. The maximum absolute atomic E-state index is 12.2. The summed E-state index contributed by atoms with van der Waals surface area (Å²) in [4.78, 5) is 17.8. The van der Waals surface area contributed by atoms with Crippen LogP contribution in [0.4, 0.5) is 0 Å². The van der Waals surface area contributed by atoms with Gasteiger partial charge in [-0.2, -0.15) is 0 Å². The lowest BCUT2D eigenvalue weighted by atomic mass is 10.2. The molecule has 1 N–H and O–H groups in total. The number of carbonyl (C=O) groups excluding carboxylic acids is 1. The molecular weight excluding hydrogens is 240 g/mol. The predicted octanol–water partition coefficient (Wildman–Crippen LogP) is 1.97. The Morgan fingerprint density at radius 1 is 1.53 bits per heavy atom. The van der Waals surface area contributed by atoms with E-state index in [9.17, 15) is 4.79 Å². The molecule has 0 saturated heterocycles. The molecule has 0 aromatic carbocycles. The van der Waals surface area contributed by atoms with E-state index in [2.05, 4.69) is 4.98 Å².